The Kier molecular flexibility index (Phi) is 6.65. The fourth-order valence-electron chi connectivity index (χ4n) is 3.34. The Morgan fingerprint density at radius 3 is 2.39 bits per heavy atom. The number of rotatable bonds is 9. The van der Waals surface area contributed by atoms with Gasteiger partial charge in [0.05, 0.1) is 25.8 Å². The van der Waals surface area contributed by atoms with Crippen LogP contribution in [0.3, 0.4) is 0 Å². The molecule has 1 heterocycles. The third-order valence-corrected chi connectivity index (χ3v) is 5.03. The van der Waals surface area contributed by atoms with Crippen LogP contribution in [0.15, 0.2) is 24.3 Å². The second-order valence-electron chi connectivity index (χ2n) is 7.30. The van der Waals surface area contributed by atoms with Crippen molar-refractivity contribution in [3.05, 3.63) is 35.6 Å². The smallest absolute Gasteiger partial charge is 0.404 e. The number of hydrogen-bond acceptors (Lipinski definition) is 7. The van der Waals surface area contributed by atoms with Crippen molar-refractivity contribution in [3.63, 3.8) is 0 Å². The summed E-state index contributed by atoms with van der Waals surface area (Å²) in [5.74, 6) is 0.657. The minimum atomic E-state index is -1.15. The summed E-state index contributed by atoms with van der Waals surface area (Å²) in [5, 5.41) is 26.9. The number of ether oxygens (including phenoxy) is 2. The van der Waals surface area contributed by atoms with E-state index < -0.39 is 18.0 Å². The van der Waals surface area contributed by atoms with Gasteiger partial charge in [-0.3, -0.25) is 0 Å². The monoisotopic (exact) mass is 429 g/mol. The average Bonchev–Trinajstić information content (AvgIpc) is 3.57. The summed E-state index contributed by atoms with van der Waals surface area (Å²) < 4.78 is 25.2. The van der Waals surface area contributed by atoms with Crippen LogP contribution >= 0.6 is 0 Å². The van der Waals surface area contributed by atoms with Gasteiger partial charge in [0.15, 0.2) is 17.5 Å². The third kappa shape index (κ3) is 5.45. The molecule has 0 spiro atoms. The Balaban J connectivity index is 1.91. The number of nitrogens with one attached hydrogen (secondary N) is 3. The molecule has 9 nitrogen and oxygen atoms in total. The highest BCUT2D eigenvalue weighted by molar-refractivity contribution is 5.68. The van der Waals surface area contributed by atoms with Gasteiger partial charge in [0.25, 0.3) is 0 Å². The van der Waals surface area contributed by atoms with Crippen LogP contribution in [0.1, 0.15) is 25.3 Å². The molecule has 164 valence electrons. The summed E-state index contributed by atoms with van der Waals surface area (Å²) >= 11 is 0. The zero-order chi connectivity index (χ0) is 22.5. The molecule has 1 aromatic carbocycles. The van der Waals surface area contributed by atoms with Crippen molar-refractivity contribution in [2.24, 2.45) is 5.92 Å². The molecule has 1 fully saturated rings. The zero-order valence-corrected chi connectivity index (χ0v) is 17.4. The summed E-state index contributed by atoms with van der Waals surface area (Å²) in [6.45, 7) is 1.72. The number of nitriles is 1. The van der Waals surface area contributed by atoms with Gasteiger partial charge in [-0.2, -0.15) is 5.26 Å². The number of hydrogen-bond donors (Lipinski definition) is 4. The van der Waals surface area contributed by atoms with Crippen molar-refractivity contribution in [2.75, 3.05) is 24.9 Å². The molecule has 0 radical (unpaired) electrons. The van der Waals surface area contributed by atoms with E-state index in [-0.39, 0.29) is 29.2 Å². The lowest BCUT2D eigenvalue weighted by Gasteiger charge is -2.26. The van der Waals surface area contributed by atoms with Gasteiger partial charge < -0.3 is 30.5 Å². The number of benzene rings is 1. The molecule has 10 heteroatoms. The second kappa shape index (κ2) is 9.38. The molecule has 1 amide bonds. The molecule has 1 aliphatic rings. The number of methoxy groups -OCH3 is 2. The molecule has 0 saturated heterocycles. The fourth-order valence-corrected chi connectivity index (χ4v) is 3.34. The Morgan fingerprint density at radius 2 is 1.87 bits per heavy atom. The van der Waals surface area contributed by atoms with Gasteiger partial charge in [0.2, 0.25) is 0 Å². The van der Waals surface area contributed by atoms with Crippen LogP contribution in [-0.4, -0.2) is 42.5 Å². The predicted octanol–water partition coefficient (Wildman–Crippen LogP) is 3.70. The molecule has 31 heavy (non-hydrogen) atoms. The number of aromatic nitrogens is 1. The molecular weight excluding hydrogens is 405 g/mol. The van der Waals surface area contributed by atoms with E-state index >= 15 is 0 Å². The topological polar surface area (TPSA) is 129 Å². The molecule has 2 aromatic rings. The van der Waals surface area contributed by atoms with Crippen molar-refractivity contribution >= 4 is 23.4 Å². The van der Waals surface area contributed by atoms with Crippen molar-refractivity contribution in [1.82, 2.24) is 10.3 Å². The van der Waals surface area contributed by atoms with Gasteiger partial charge in [0, 0.05) is 29.9 Å². The van der Waals surface area contributed by atoms with Crippen LogP contribution in [0.5, 0.6) is 11.5 Å². The average molecular weight is 429 g/mol. The molecule has 1 saturated carbocycles. The largest absolute Gasteiger partial charge is 0.497 e. The third-order valence-electron chi connectivity index (χ3n) is 5.03. The van der Waals surface area contributed by atoms with Crippen LogP contribution < -0.4 is 25.4 Å². The maximum Gasteiger partial charge on any atom is 0.404 e. The SMILES string of the molecule is COc1cc(Nc2nc(N[C@@H](C3CC3)[C@H](C)NC(=O)O)c(F)cc2C#N)cc(OC)c1. The lowest BCUT2D eigenvalue weighted by atomic mass is 10.0. The van der Waals surface area contributed by atoms with Crippen LogP contribution in [0.4, 0.5) is 26.5 Å². The van der Waals surface area contributed by atoms with E-state index in [1.165, 1.54) is 14.2 Å². The van der Waals surface area contributed by atoms with Crippen LogP contribution in [0.25, 0.3) is 0 Å². The standard InChI is InChI=1S/C21H24FN5O4/c1-11(24-21(28)29)18(12-4-5-12)26-20-17(22)6-13(10-23)19(27-20)25-14-7-15(30-2)9-16(8-14)31-3/h6-9,11-12,18,24H,4-5H2,1-3H3,(H,28,29)(H2,25,26,27)/t11-,18+/m0/s1. The summed E-state index contributed by atoms with van der Waals surface area (Å²) in [4.78, 5) is 15.3. The van der Waals surface area contributed by atoms with E-state index in [0.717, 1.165) is 18.9 Å². The number of carbonyl (C=O) groups is 1. The van der Waals surface area contributed by atoms with E-state index in [4.69, 9.17) is 14.6 Å². The minimum Gasteiger partial charge on any atom is -0.497 e. The number of halogens is 1. The summed E-state index contributed by atoms with van der Waals surface area (Å²) in [7, 11) is 3.03. The zero-order valence-electron chi connectivity index (χ0n) is 17.4. The lowest BCUT2D eigenvalue weighted by Crippen LogP contribution is -2.45. The maximum absolute atomic E-state index is 14.7. The quantitative estimate of drug-likeness (QED) is 0.475. The number of carboxylic acid groups (broad SMARTS) is 1. The van der Waals surface area contributed by atoms with Crippen LogP contribution in [-0.2, 0) is 0 Å². The first-order chi connectivity index (χ1) is 14.8. The van der Waals surface area contributed by atoms with E-state index in [9.17, 15) is 14.4 Å². The molecule has 0 unspecified atom stereocenters. The van der Waals surface area contributed by atoms with Crippen LogP contribution in [0, 0.1) is 23.1 Å². The summed E-state index contributed by atoms with van der Waals surface area (Å²) in [6, 6.07) is 7.30. The van der Waals surface area contributed by atoms with E-state index in [0.29, 0.717) is 17.2 Å². The van der Waals surface area contributed by atoms with Gasteiger partial charge in [-0.1, -0.05) is 0 Å². The van der Waals surface area contributed by atoms with Gasteiger partial charge in [-0.05, 0) is 31.7 Å². The molecule has 0 bridgehead atoms. The number of amides is 1. The highest BCUT2D eigenvalue weighted by atomic mass is 19.1. The van der Waals surface area contributed by atoms with E-state index in [2.05, 4.69) is 20.9 Å². The number of pyridine rings is 1. The van der Waals surface area contributed by atoms with Gasteiger partial charge in [0.1, 0.15) is 17.6 Å². The lowest BCUT2D eigenvalue weighted by molar-refractivity contribution is 0.188. The highest BCUT2D eigenvalue weighted by Gasteiger charge is 2.36. The highest BCUT2D eigenvalue weighted by Crippen LogP contribution is 2.36. The molecule has 1 aromatic heterocycles. The fraction of sp³-hybridized carbons (Fsp3) is 0.381. The number of nitrogens with zero attached hydrogens (tertiary/aromatic N) is 2. The van der Waals surface area contributed by atoms with Gasteiger partial charge >= 0.3 is 6.09 Å². The maximum atomic E-state index is 14.7. The summed E-state index contributed by atoms with van der Waals surface area (Å²) in [5.41, 5.74) is 0.557. The predicted molar refractivity (Wildman–Crippen MR) is 112 cm³/mol. The van der Waals surface area contributed by atoms with E-state index in [1.54, 1.807) is 25.1 Å². The first-order valence-electron chi connectivity index (χ1n) is 9.71. The normalized spacial score (nSPS) is 14.7. The van der Waals surface area contributed by atoms with Crippen molar-refractivity contribution in [2.45, 2.75) is 31.8 Å². The van der Waals surface area contributed by atoms with E-state index in [1.807, 2.05) is 6.07 Å². The molecule has 2 atom stereocenters. The van der Waals surface area contributed by atoms with Crippen molar-refractivity contribution < 1.29 is 23.8 Å². The Bertz CT molecular complexity index is 984. The molecule has 0 aliphatic heterocycles. The van der Waals surface area contributed by atoms with Crippen molar-refractivity contribution in [3.8, 4) is 17.6 Å². The minimum absolute atomic E-state index is 0.0181. The number of anilines is 3. The first kappa shape index (κ1) is 22.0. The van der Waals surface area contributed by atoms with Gasteiger partial charge in [-0.25, -0.2) is 14.2 Å². The van der Waals surface area contributed by atoms with Gasteiger partial charge in [-0.15, -0.1) is 0 Å². The van der Waals surface area contributed by atoms with Crippen molar-refractivity contribution in [1.29, 1.82) is 5.26 Å². The Morgan fingerprint density at radius 1 is 1.23 bits per heavy atom. The summed E-state index contributed by atoms with van der Waals surface area (Å²) in [6.07, 6.45) is 0.675. The Hall–Kier alpha value is -3.74. The first-order valence-corrected chi connectivity index (χ1v) is 9.71. The molecule has 3 rings (SSSR count). The molecular formula is C21H24FN5O4. The second-order valence-corrected chi connectivity index (χ2v) is 7.30. The molecule has 1 aliphatic carbocycles. The molecule has 4 N–H and O–H groups in total. The Labute approximate surface area is 179 Å². The van der Waals surface area contributed by atoms with Crippen LogP contribution in [0.2, 0.25) is 0 Å².